The quantitative estimate of drug-likeness (QED) is 0.915. The van der Waals surface area contributed by atoms with Crippen LogP contribution in [0.25, 0.3) is 0 Å². The Kier molecular flexibility index (Phi) is 4.44. The minimum Gasteiger partial charge on any atom is -0.352 e. The molecule has 0 radical (unpaired) electrons. The average Bonchev–Trinajstić information content (AvgIpc) is 3.47. The van der Waals surface area contributed by atoms with Crippen molar-refractivity contribution in [3.05, 3.63) is 47.1 Å². The first kappa shape index (κ1) is 16.1. The molecule has 4 rings (SSSR count). The number of anilines is 2. The Morgan fingerprint density at radius 3 is 2.52 bits per heavy atom. The first-order valence-corrected chi connectivity index (χ1v) is 8.97. The number of amides is 2. The first-order chi connectivity index (χ1) is 12.2. The molecule has 6 nitrogen and oxygen atoms in total. The van der Waals surface area contributed by atoms with Gasteiger partial charge in [0, 0.05) is 42.8 Å². The molecule has 1 saturated carbocycles. The van der Waals surface area contributed by atoms with Gasteiger partial charge >= 0.3 is 6.03 Å². The SMILES string of the molecule is O=C(Nc1cccc(Cl)c1)N1CCN(c2ccc(C3CC3)nn2)CC1. The highest BCUT2D eigenvalue weighted by atomic mass is 35.5. The fraction of sp³-hybridized carbons (Fsp3) is 0.389. The summed E-state index contributed by atoms with van der Waals surface area (Å²) in [5, 5.41) is 12.2. The Morgan fingerprint density at radius 1 is 1.08 bits per heavy atom. The van der Waals surface area contributed by atoms with E-state index in [1.54, 1.807) is 12.1 Å². The van der Waals surface area contributed by atoms with E-state index in [4.69, 9.17) is 11.6 Å². The molecule has 1 aliphatic carbocycles. The molecule has 2 aromatic rings. The zero-order chi connectivity index (χ0) is 17.2. The number of nitrogens with zero attached hydrogens (tertiary/aromatic N) is 4. The van der Waals surface area contributed by atoms with Crippen molar-refractivity contribution in [2.75, 3.05) is 36.4 Å². The Bertz CT molecular complexity index is 754. The van der Waals surface area contributed by atoms with Gasteiger partial charge in [0.15, 0.2) is 5.82 Å². The Morgan fingerprint density at radius 2 is 1.88 bits per heavy atom. The van der Waals surface area contributed by atoms with Crippen LogP contribution in [0, 0.1) is 0 Å². The standard InChI is InChI=1S/C18H20ClN5O/c19-14-2-1-3-15(12-14)20-18(25)24-10-8-23(9-11-24)17-7-6-16(21-22-17)13-4-5-13/h1-3,6-7,12-13H,4-5,8-11H2,(H,20,25). The van der Waals surface area contributed by atoms with Gasteiger partial charge in [-0.05, 0) is 43.2 Å². The lowest BCUT2D eigenvalue weighted by Gasteiger charge is -2.35. The lowest BCUT2D eigenvalue weighted by atomic mass is 10.2. The summed E-state index contributed by atoms with van der Waals surface area (Å²) in [5.41, 5.74) is 1.81. The first-order valence-electron chi connectivity index (χ1n) is 8.59. The van der Waals surface area contributed by atoms with Gasteiger partial charge < -0.3 is 15.1 Å². The van der Waals surface area contributed by atoms with E-state index < -0.39 is 0 Å². The van der Waals surface area contributed by atoms with Crippen molar-refractivity contribution >= 4 is 29.1 Å². The second kappa shape index (κ2) is 6.88. The maximum atomic E-state index is 12.4. The van der Waals surface area contributed by atoms with Crippen LogP contribution in [-0.4, -0.2) is 47.3 Å². The Labute approximate surface area is 151 Å². The van der Waals surface area contributed by atoms with E-state index in [-0.39, 0.29) is 6.03 Å². The molecule has 2 fully saturated rings. The fourth-order valence-electron chi connectivity index (χ4n) is 3.01. The molecule has 0 unspecified atom stereocenters. The largest absolute Gasteiger partial charge is 0.352 e. The second-order valence-corrected chi connectivity index (χ2v) is 6.94. The molecule has 0 spiro atoms. The molecule has 130 valence electrons. The van der Waals surface area contributed by atoms with Gasteiger partial charge in [-0.3, -0.25) is 0 Å². The lowest BCUT2D eigenvalue weighted by molar-refractivity contribution is 0.208. The topological polar surface area (TPSA) is 61.4 Å². The summed E-state index contributed by atoms with van der Waals surface area (Å²) in [7, 11) is 0. The van der Waals surface area contributed by atoms with E-state index in [2.05, 4.69) is 26.5 Å². The van der Waals surface area contributed by atoms with Gasteiger partial charge in [-0.1, -0.05) is 17.7 Å². The number of halogens is 1. The Hall–Kier alpha value is -2.34. The third kappa shape index (κ3) is 3.85. The summed E-state index contributed by atoms with van der Waals surface area (Å²) in [4.78, 5) is 16.4. The molecule has 2 heterocycles. The van der Waals surface area contributed by atoms with Crippen LogP contribution in [0.4, 0.5) is 16.3 Å². The van der Waals surface area contributed by atoms with Gasteiger partial charge in [-0.2, -0.15) is 5.10 Å². The van der Waals surface area contributed by atoms with Crippen LogP contribution in [0.5, 0.6) is 0 Å². The van der Waals surface area contributed by atoms with Crippen LogP contribution in [0.3, 0.4) is 0 Å². The van der Waals surface area contributed by atoms with Crippen molar-refractivity contribution in [2.24, 2.45) is 0 Å². The van der Waals surface area contributed by atoms with Crippen molar-refractivity contribution in [1.82, 2.24) is 15.1 Å². The maximum Gasteiger partial charge on any atom is 0.321 e. The normalized spacial score (nSPS) is 17.5. The van der Waals surface area contributed by atoms with E-state index >= 15 is 0 Å². The number of rotatable bonds is 3. The number of benzene rings is 1. The molecule has 1 saturated heterocycles. The van der Waals surface area contributed by atoms with Crippen LogP contribution in [0.15, 0.2) is 36.4 Å². The van der Waals surface area contributed by atoms with Crippen LogP contribution in [-0.2, 0) is 0 Å². The molecule has 1 N–H and O–H groups in total. The third-order valence-corrected chi connectivity index (χ3v) is 4.87. The summed E-state index contributed by atoms with van der Waals surface area (Å²) in [6.07, 6.45) is 2.46. The molecule has 1 aromatic heterocycles. The molecule has 0 bridgehead atoms. The van der Waals surface area contributed by atoms with Crippen LogP contribution in [0.1, 0.15) is 24.5 Å². The van der Waals surface area contributed by atoms with Gasteiger partial charge in [0.1, 0.15) is 0 Å². The number of nitrogens with one attached hydrogen (secondary N) is 1. The number of aromatic nitrogens is 2. The van der Waals surface area contributed by atoms with Crippen LogP contribution in [0.2, 0.25) is 5.02 Å². The van der Waals surface area contributed by atoms with Gasteiger partial charge in [-0.15, -0.1) is 5.10 Å². The van der Waals surface area contributed by atoms with Gasteiger partial charge in [-0.25, -0.2) is 4.79 Å². The average molecular weight is 358 g/mol. The zero-order valence-electron chi connectivity index (χ0n) is 13.9. The van der Waals surface area contributed by atoms with Gasteiger partial charge in [0.25, 0.3) is 0 Å². The number of hydrogen-bond acceptors (Lipinski definition) is 4. The molecule has 0 atom stereocenters. The number of carbonyl (C=O) groups excluding carboxylic acids is 1. The van der Waals surface area contributed by atoms with Crippen molar-refractivity contribution < 1.29 is 4.79 Å². The smallest absolute Gasteiger partial charge is 0.321 e. The highest BCUT2D eigenvalue weighted by molar-refractivity contribution is 6.30. The molecule has 1 aliphatic heterocycles. The fourth-order valence-corrected chi connectivity index (χ4v) is 3.20. The highest BCUT2D eigenvalue weighted by Gasteiger charge is 2.26. The molecule has 1 aromatic carbocycles. The number of urea groups is 1. The molecule has 25 heavy (non-hydrogen) atoms. The lowest BCUT2D eigenvalue weighted by Crippen LogP contribution is -2.50. The minimum absolute atomic E-state index is 0.0999. The molecule has 2 aliphatic rings. The van der Waals surface area contributed by atoms with E-state index in [9.17, 15) is 4.79 Å². The monoisotopic (exact) mass is 357 g/mol. The summed E-state index contributed by atoms with van der Waals surface area (Å²) >= 11 is 5.95. The van der Waals surface area contributed by atoms with Crippen LogP contribution >= 0.6 is 11.6 Å². The highest BCUT2D eigenvalue weighted by Crippen LogP contribution is 2.38. The Balaban J connectivity index is 1.32. The molecule has 7 heteroatoms. The molecule has 2 amide bonds. The second-order valence-electron chi connectivity index (χ2n) is 6.51. The molecular weight excluding hydrogens is 338 g/mol. The predicted molar refractivity (Wildman–Crippen MR) is 98.3 cm³/mol. The number of piperazine rings is 1. The van der Waals surface area contributed by atoms with Crippen LogP contribution < -0.4 is 10.2 Å². The van der Waals surface area contributed by atoms with Crippen molar-refractivity contribution in [2.45, 2.75) is 18.8 Å². The zero-order valence-corrected chi connectivity index (χ0v) is 14.6. The van der Waals surface area contributed by atoms with Gasteiger partial charge in [0.05, 0.1) is 5.69 Å². The van der Waals surface area contributed by atoms with Crippen molar-refractivity contribution in [1.29, 1.82) is 0 Å². The summed E-state index contributed by atoms with van der Waals surface area (Å²) in [6, 6.07) is 11.2. The summed E-state index contributed by atoms with van der Waals surface area (Å²) in [5.74, 6) is 1.51. The van der Waals surface area contributed by atoms with Gasteiger partial charge in [0.2, 0.25) is 0 Å². The number of carbonyl (C=O) groups is 1. The van der Waals surface area contributed by atoms with E-state index in [0.717, 1.165) is 24.6 Å². The summed E-state index contributed by atoms with van der Waals surface area (Å²) < 4.78 is 0. The van der Waals surface area contributed by atoms with E-state index in [1.165, 1.54) is 12.8 Å². The molecular formula is C18H20ClN5O. The third-order valence-electron chi connectivity index (χ3n) is 4.63. The number of hydrogen-bond donors (Lipinski definition) is 1. The van der Waals surface area contributed by atoms with E-state index in [0.29, 0.717) is 29.7 Å². The minimum atomic E-state index is -0.0999. The maximum absolute atomic E-state index is 12.4. The van der Waals surface area contributed by atoms with Crippen molar-refractivity contribution in [3.8, 4) is 0 Å². The van der Waals surface area contributed by atoms with E-state index in [1.807, 2.05) is 23.1 Å². The summed E-state index contributed by atoms with van der Waals surface area (Å²) in [6.45, 7) is 2.80. The van der Waals surface area contributed by atoms with Crippen molar-refractivity contribution in [3.63, 3.8) is 0 Å². The predicted octanol–water partition coefficient (Wildman–Crippen LogP) is 3.36.